The SMILES string of the molecule is CCc1cc2c(cc1OCc1cc(-c3ccc(OCCC(C)(C)O)c(F)c3)c(C(F)F)cc1F)CC1C(C(=O)O)C21. The molecule has 1 saturated carbocycles. The van der Waals surface area contributed by atoms with Gasteiger partial charge in [-0.25, -0.2) is 17.6 Å². The molecule has 0 spiro atoms. The van der Waals surface area contributed by atoms with Gasteiger partial charge in [0.05, 0.1) is 18.1 Å². The van der Waals surface area contributed by atoms with Crippen molar-refractivity contribution in [1.82, 2.24) is 0 Å². The standard InChI is InChI=1S/C32H32F4O5/c1-4-16-9-21-18(10-23-28(21)29(23)31(37)38)13-27(16)41-15-19-11-20(22(30(35)36)14-24(19)33)17-5-6-26(25(34)12-17)40-8-7-32(2,3)39/h5-6,9,11-14,23,28-30,39H,4,7-8,10,15H2,1-3H3,(H,37,38). The van der Waals surface area contributed by atoms with Crippen molar-refractivity contribution in [2.45, 2.75) is 64.6 Å². The molecule has 3 unspecified atom stereocenters. The highest BCUT2D eigenvalue weighted by Gasteiger charge is 2.59. The van der Waals surface area contributed by atoms with Gasteiger partial charge >= 0.3 is 5.97 Å². The van der Waals surface area contributed by atoms with Gasteiger partial charge in [0.2, 0.25) is 0 Å². The van der Waals surface area contributed by atoms with Crippen molar-refractivity contribution in [3.05, 3.63) is 81.9 Å². The van der Waals surface area contributed by atoms with Crippen molar-refractivity contribution >= 4 is 5.97 Å². The molecule has 3 aromatic rings. The monoisotopic (exact) mass is 572 g/mol. The number of hydrogen-bond acceptors (Lipinski definition) is 4. The second kappa shape index (κ2) is 11.0. The van der Waals surface area contributed by atoms with Crippen LogP contribution in [0.4, 0.5) is 17.6 Å². The lowest BCUT2D eigenvalue weighted by molar-refractivity contribution is -0.139. The van der Waals surface area contributed by atoms with Gasteiger partial charge in [-0.1, -0.05) is 19.1 Å². The summed E-state index contributed by atoms with van der Waals surface area (Å²) in [5.41, 5.74) is 1.48. The van der Waals surface area contributed by atoms with E-state index in [2.05, 4.69) is 0 Å². The number of ether oxygens (including phenoxy) is 2. The number of carbonyl (C=O) groups is 1. The summed E-state index contributed by atoms with van der Waals surface area (Å²) < 4.78 is 69.0. The van der Waals surface area contributed by atoms with Gasteiger partial charge in [0.15, 0.2) is 11.6 Å². The molecular formula is C32H32F4O5. The number of aliphatic carboxylic acids is 1. The quantitative estimate of drug-likeness (QED) is 0.237. The van der Waals surface area contributed by atoms with Crippen LogP contribution in [0.3, 0.4) is 0 Å². The Labute approximate surface area is 235 Å². The van der Waals surface area contributed by atoms with Crippen molar-refractivity contribution in [2.75, 3.05) is 6.61 Å². The van der Waals surface area contributed by atoms with Crippen molar-refractivity contribution in [1.29, 1.82) is 0 Å². The van der Waals surface area contributed by atoms with Gasteiger partial charge in [0.1, 0.15) is 18.2 Å². The number of rotatable bonds is 11. The largest absolute Gasteiger partial charge is 0.490 e. The fraction of sp³-hybridized carbons (Fsp3) is 0.406. The van der Waals surface area contributed by atoms with Crippen LogP contribution in [-0.4, -0.2) is 28.4 Å². The van der Waals surface area contributed by atoms with Gasteiger partial charge < -0.3 is 19.7 Å². The van der Waals surface area contributed by atoms with E-state index in [1.54, 1.807) is 13.8 Å². The van der Waals surface area contributed by atoms with E-state index < -0.39 is 35.2 Å². The van der Waals surface area contributed by atoms with Gasteiger partial charge in [-0.15, -0.1) is 0 Å². The Morgan fingerprint density at radius 1 is 1.02 bits per heavy atom. The van der Waals surface area contributed by atoms with Crippen LogP contribution in [0.5, 0.6) is 11.5 Å². The van der Waals surface area contributed by atoms with Crippen LogP contribution in [0.1, 0.15) is 67.4 Å². The maximum absolute atomic E-state index is 15.0. The van der Waals surface area contributed by atoms with E-state index in [1.165, 1.54) is 18.2 Å². The van der Waals surface area contributed by atoms with Crippen molar-refractivity contribution in [3.63, 3.8) is 0 Å². The van der Waals surface area contributed by atoms with Gasteiger partial charge in [0.25, 0.3) is 6.43 Å². The summed E-state index contributed by atoms with van der Waals surface area (Å²) in [5, 5.41) is 19.2. The Morgan fingerprint density at radius 3 is 2.41 bits per heavy atom. The third-order valence-corrected chi connectivity index (χ3v) is 8.02. The molecule has 0 aromatic heterocycles. The number of hydrogen-bond donors (Lipinski definition) is 2. The maximum atomic E-state index is 15.0. The topological polar surface area (TPSA) is 76.0 Å². The van der Waals surface area contributed by atoms with E-state index in [9.17, 15) is 32.6 Å². The Morgan fingerprint density at radius 2 is 1.78 bits per heavy atom. The second-order valence-electron chi connectivity index (χ2n) is 11.4. The Balaban J connectivity index is 1.38. The predicted molar refractivity (Wildman–Crippen MR) is 144 cm³/mol. The summed E-state index contributed by atoms with van der Waals surface area (Å²) in [5.74, 6) is -2.20. The Kier molecular flexibility index (Phi) is 7.76. The molecule has 0 aliphatic heterocycles. The Hall–Kier alpha value is -3.59. The first-order valence-corrected chi connectivity index (χ1v) is 13.6. The van der Waals surface area contributed by atoms with E-state index >= 15 is 0 Å². The summed E-state index contributed by atoms with van der Waals surface area (Å²) in [4.78, 5) is 11.5. The van der Waals surface area contributed by atoms with Gasteiger partial charge in [-0.3, -0.25) is 4.79 Å². The van der Waals surface area contributed by atoms with Crippen LogP contribution < -0.4 is 9.47 Å². The minimum Gasteiger partial charge on any atom is -0.490 e. The van der Waals surface area contributed by atoms with Crippen molar-refractivity contribution in [3.8, 4) is 22.6 Å². The average Bonchev–Trinajstić information content (AvgIpc) is 3.50. The normalized spacial score (nSPS) is 19.2. The third kappa shape index (κ3) is 5.91. The molecule has 3 aromatic carbocycles. The Bertz CT molecular complexity index is 1480. The molecule has 0 bridgehead atoms. The number of alkyl halides is 2. The molecule has 0 saturated heterocycles. The van der Waals surface area contributed by atoms with Gasteiger partial charge in [-0.2, -0.15) is 0 Å². The second-order valence-corrected chi connectivity index (χ2v) is 11.4. The van der Waals surface area contributed by atoms with Crippen molar-refractivity contribution < 1.29 is 42.0 Å². The number of aryl methyl sites for hydroxylation is 1. The van der Waals surface area contributed by atoms with Crippen LogP contribution in [0.15, 0.2) is 42.5 Å². The zero-order chi connectivity index (χ0) is 29.6. The summed E-state index contributed by atoms with van der Waals surface area (Å²) in [6.45, 7) is 4.96. The molecule has 2 aliphatic carbocycles. The zero-order valence-corrected chi connectivity index (χ0v) is 23.0. The van der Waals surface area contributed by atoms with E-state index in [0.717, 1.165) is 28.8 Å². The molecular weight excluding hydrogens is 540 g/mol. The highest BCUT2D eigenvalue weighted by atomic mass is 19.3. The molecule has 0 amide bonds. The van der Waals surface area contributed by atoms with Crippen molar-refractivity contribution in [2.24, 2.45) is 11.8 Å². The zero-order valence-electron chi connectivity index (χ0n) is 23.0. The molecule has 0 heterocycles. The average molecular weight is 573 g/mol. The molecule has 9 heteroatoms. The van der Waals surface area contributed by atoms with E-state index in [-0.39, 0.29) is 59.8 Å². The number of benzene rings is 3. The van der Waals surface area contributed by atoms with Crippen LogP contribution in [0, 0.1) is 23.5 Å². The molecule has 5 rings (SSSR count). The van der Waals surface area contributed by atoms with Crippen LogP contribution in [-0.2, 0) is 24.2 Å². The number of aliphatic hydroxyl groups is 1. The molecule has 2 N–H and O–H groups in total. The summed E-state index contributed by atoms with van der Waals surface area (Å²) in [6.07, 6.45) is -1.48. The van der Waals surface area contributed by atoms with Crippen LogP contribution in [0.25, 0.3) is 11.1 Å². The minimum absolute atomic E-state index is 0.0162. The summed E-state index contributed by atoms with van der Waals surface area (Å²) >= 11 is 0. The first kappa shape index (κ1) is 28.9. The molecule has 5 nitrogen and oxygen atoms in total. The molecule has 1 fully saturated rings. The van der Waals surface area contributed by atoms with Gasteiger partial charge in [0, 0.05) is 23.5 Å². The van der Waals surface area contributed by atoms with E-state index in [1.807, 2.05) is 19.1 Å². The maximum Gasteiger partial charge on any atom is 0.307 e. The molecule has 3 atom stereocenters. The smallest absolute Gasteiger partial charge is 0.307 e. The highest BCUT2D eigenvalue weighted by Crippen LogP contribution is 2.62. The lowest BCUT2D eigenvalue weighted by Crippen LogP contribution is -2.21. The number of carboxylic acids is 1. The van der Waals surface area contributed by atoms with Gasteiger partial charge in [-0.05, 0) is 90.8 Å². The first-order valence-electron chi connectivity index (χ1n) is 13.6. The molecule has 41 heavy (non-hydrogen) atoms. The van der Waals surface area contributed by atoms with Crippen LogP contribution in [0.2, 0.25) is 0 Å². The number of carboxylic acid groups (broad SMARTS) is 1. The fourth-order valence-corrected chi connectivity index (χ4v) is 5.75. The third-order valence-electron chi connectivity index (χ3n) is 8.02. The molecule has 0 radical (unpaired) electrons. The molecule has 2 aliphatic rings. The fourth-order valence-electron chi connectivity index (χ4n) is 5.75. The number of fused-ring (bicyclic) bond motifs is 3. The first-order chi connectivity index (χ1) is 19.4. The highest BCUT2D eigenvalue weighted by molar-refractivity contribution is 5.78. The predicted octanol–water partition coefficient (Wildman–Crippen LogP) is 7.22. The lowest BCUT2D eigenvalue weighted by Gasteiger charge is -2.18. The molecule has 218 valence electrons. The summed E-state index contributed by atoms with van der Waals surface area (Å²) in [6, 6.07) is 9.67. The van der Waals surface area contributed by atoms with Crippen LogP contribution >= 0.6 is 0 Å². The van der Waals surface area contributed by atoms with E-state index in [0.29, 0.717) is 18.6 Å². The van der Waals surface area contributed by atoms with E-state index in [4.69, 9.17) is 9.47 Å². The lowest BCUT2D eigenvalue weighted by atomic mass is 9.96. The summed E-state index contributed by atoms with van der Waals surface area (Å²) in [7, 11) is 0. The number of halogens is 4. The minimum atomic E-state index is -3.00.